The van der Waals surface area contributed by atoms with Gasteiger partial charge >= 0.3 is 0 Å². The molecular formula is C12H23NO. The zero-order chi connectivity index (χ0) is 10.4. The van der Waals surface area contributed by atoms with E-state index in [9.17, 15) is 5.11 Å². The van der Waals surface area contributed by atoms with Crippen LogP contribution in [0.3, 0.4) is 0 Å². The van der Waals surface area contributed by atoms with E-state index < -0.39 is 5.60 Å². The molecule has 0 radical (unpaired) electrons. The molecule has 0 aromatic rings. The van der Waals surface area contributed by atoms with Crippen LogP contribution >= 0.6 is 0 Å². The highest BCUT2D eigenvalue weighted by molar-refractivity contribution is 5.17. The minimum atomic E-state index is -0.725. The van der Waals surface area contributed by atoms with Crippen molar-refractivity contribution in [3.63, 3.8) is 0 Å². The van der Waals surface area contributed by atoms with Gasteiger partial charge in [0, 0.05) is 6.54 Å². The maximum absolute atomic E-state index is 10.3. The van der Waals surface area contributed by atoms with Crippen molar-refractivity contribution in [1.29, 1.82) is 0 Å². The maximum atomic E-state index is 10.3. The fourth-order valence-electron chi connectivity index (χ4n) is 2.12. The van der Waals surface area contributed by atoms with Crippen molar-refractivity contribution in [2.75, 3.05) is 6.54 Å². The average Bonchev–Trinajstić information content (AvgIpc) is 2.16. The van der Waals surface area contributed by atoms with E-state index in [0.29, 0.717) is 6.54 Å². The Labute approximate surface area is 87.2 Å². The van der Waals surface area contributed by atoms with Crippen LogP contribution < -0.4 is 5.73 Å². The summed E-state index contributed by atoms with van der Waals surface area (Å²) < 4.78 is 0. The van der Waals surface area contributed by atoms with Crippen LogP contribution in [-0.2, 0) is 0 Å². The molecular weight excluding hydrogens is 174 g/mol. The van der Waals surface area contributed by atoms with Gasteiger partial charge in [-0.1, -0.05) is 25.8 Å². The summed E-state index contributed by atoms with van der Waals surface area (Å²) in [5.41, 5.74) is 6.11. The van der Waals surface area contributed by atoms with Crippen molar-refractivity contribution in [2.45, 2.75) is 57.5 Å². The van der Waals surface area contributed by atoms with Crippen LogP contribution in [0.5, 0.6) is 0 Å². The Balaban J connectivity index is 2.70. The molecule has 2 nitrogen and oxygen atoms in total. The van der Waals surface area contributed by atoms with E-state index >= 15 is 0 Å². The SMILES string of the molecule is CCC(O)(CN)/C1=C/CCCCCC1. The van der Waals surface area contributed by atoms with Gasteiger partial charge in [-0.05, 0) is 37.7 Å². The molecule has 1 aliphatic rings. The van der Waals surface area contributed by atoms with E-state index in [0.717, 1.165) is 19.3 Å². The molecule has 0 heterocycles. The predicted octanol–water partition coefficient (Wildman–Crippen LogP) is 2.37. The molecule has 0 aromatic carbocycles. The Hall–Kier alpha value is -0.340. The molecule has 0 bridgehead atoms. The van der Waals surface area contributed by atoms with Crippen LogP contribution in [0.25, 0.3) is 0 Å². The molecule has 14 heavy (non-hydrogen) atoms. The van der Waals surface area contributed by atoms with Crippen molar-refractivity contribution in [2.24, 2.45) is 5.73 Å². The summed E-state index contributed by atoms with van der Waals surface area (Å²) in [6, 6.07) is 0. The van der Waals surface area contributed by atoms with Crippen LogP contribution in [0, 0.1) is 0 Å². The lowest BCUT2D eigenvalue weighted by Crippen LogP contribution is -2.39. The van der Waals surface area contributed by atoms with Crippen LogP contribution in [-0.4, -0.2) is 17.3 Å². The van der Waals surface area contributed by atoms with Crippen LogP contribution in [0.4, 0.5) is 0 Å². The van der Waals surface area contributed by atoms with Gasteiger partial charge in [0.1, 0.15) is 0 Å². The van der Waals surface area contributed by atoms with Crippen LogP contribution in [0.2, 0.25) is 0 Å². The number of hydrogen-bond donors (Lipinski definition) is 2. The van der Waals surface area contributed by atoms with Crippen LogP contribution in [0.1, 0.15) is 51.9 Å². The molecule has 1 aliphatic carbocycles. The third-order valence-electron chi connectivity index (χ3n) is 3.31. The van der Waals surface area contributed by atoms with E-state index in [1.165, 1.54) is 31.3 Å². The Morgan fingerprint density at radius 1 is 1.36 bits per heavy atom. The second-order valence-electron chi connectivity index (χ2n) is 4.27. The lowest BCUT2D eigenvalue weighted by molar-refractivity contribution is 0.0784. The molecule has 0 aromatic heterocycles. The van der Waals surface area contributed by atoms with E-state index in [-0.39, 0.29) is 0 Å². The molecule has 1 rings (SSSR count). The highest BCUT2D eigenvalue weighted by Crippen LogP contribution is 2.27. The van der Waals surface area contributed by atoms with Crippen LogP contribution in [0.15, 0.2) is 11.6 Å². The molecule has 1 atom stereocenters. The van der Waals surface area contributed by atoms with Crippen molar-refractivity contribution in [3.8, 4) is 0 Å². The Morgan fingerprint density at radius 3 is 2.71 bits per heavy atom. The molecule has 82 valence electrons. The van der Waals surface area contributed by atoms with Gasteiger partial charge < -0.3 is 10.8 Å². The number of hydrogen-bond acceptors (Lipinski definition) is 2. The summed E-state index contributed by atoms with van der Waals surface area (Å²) in [6.07, 6.45) is 10.2. The first kappa shape index (κ1) is 11.7. The fraction of sp³-hybridized carbons (Fsp3) is 0.833. The highest BCUT2D eigenvalue weighted by Gasteiger charge is 2.27. The van der Waals surface area contributed by atoms with E-state index in [4.69, 9.17) is 5.73 Å². The first-order chi connectivity index (χ1) is 6.73. The Morgan fingerprint density at radius 2 is 2.07 bits per heavy atom. The van der Waals surface area contributed by atoms with Gasteiger partial charge in [-0.15, -0.1) is 0 Å². The normalized spacial score (nSPS) is 26.9. The topological polar surface area (TPSA) is 46.2 Å². The minimum absolute atomic E-state index is 0.356. The first-order valence-corrected chi connectivity index (χ1v) is 5.85. The molecule has 0 aliphatic heterocycles. The smallest absolute Gasteiger partial charge is 0.0975 e. The van der Waals surface area contributed by atoms with Gasteiger partial charge in [0.05, 0.1) is 5.60 Å². The standard InChI is InChI=1S/C12H23NO/c1-2-12(14,10-13)11-8-6-4-3-5-7-9-11/h8,14H,2-7,9-10,13H2,1H3/b11-8+. The molecule has 2 heteroatoms. The van der Waals surface area contributed by atoms with Gasteiger partial charge in [0.15, 0.2) is 0 Å². The monoisotopic (exact) mass is 197 g/mol. The summed E-state index contributed by atoms with van der Waals surface area (Å²) in [4.78, 5) is 0. The minimum Gasteiger partial charge on any atom is -0.384 e. The predicted molar refractivity (Wildman–Crippen MR) is 60.1 cm³/mol. The third kappa shape index (κ3) is 2.82. The molecule has 0 amide bonds. The fourth-order valence-corrected chi connectivity index (χ4v) is 2.12. The zero-order valence-electron chi connectivity index (χ0n) is 9.26. The number of allylic oxidation sites excluding steroid dienone is 1. The summed E-state index contributed by atoms with van der Waals surface area (Å²) >= 11 is 0. The van der Waals surface area contributed by atoms with E-state index in [2.05, 4.69) is 6.08 Å². The van der Waals surface area contributed by atoms with Crippen molar-refractivity contribution in [3.05, 3.63) is 11.6 Å². The molecule has 0 saturated heterocycles. The highest BCUT2D eigenvalue weighted by atomic mass is 16.3. The van der Waals surface area contributed by atoms with E-state index in [1.807, 2.05) is 6.92 Å². The molecule has 0 spiro atoms. The van der Waals surface area contributed by atoms with Crippen molar-refractivity contribution >= 4 is 0 Å². The molecule has 0 saturated carbocycles. The lowest BCUT2D eigenvalue weighted by atomic mass is 9.85. The zero-order valence-corrected chi connectivity index (χ0v) is 9.26. The van der Waals surface area contributed by atoms with Gasteiger partial charge in [0.25, 0.3) is 0 Å². The molecule has 3 N–H and O–H groups in total. The molecule has 0 fully saturated rings. The second kappa shape index (κ2) is 5.52. The Kier molecular flexibility index (Phi) is 4.63. The van der Waals surface area contributed by atoms with Gasteiger partial charge in [-0.3, -0.25) is 0 Å². The number of nitrogens with two attached hydrogens (primary N) is 1. The van der Waals surface area contributed by atoms with E-state index in [1.54, 1.807) is 0 Å². The van der Waals surface area contributed by atoms with Gasteiger partial charge in [0.2, 0.25) is 0 Å². The molecule has 1 unspecified atom stereocenters. The van der Waals surface area contributed by atoms with Crippen molar-refractivity contribution in [1.82, 2.24) is 0 Å². The lowest BCUT2D eigenvalue weighted by Gasteiger charge is -2.29. The first-order valence-electron chi connectivity index (χ1n) is 5.85. The summed E-state index contributed by atoms with van der Waals surface area (Å²) in [5, 5.41) is 10.3. The third-order valence-corrected chi connectivity index (χ3v) is 3.31. The maximum Gasteiger partial charge on any atom is 0.0975 e. The van der Waals surface area contributed by atoms with Gasteiger partial charge in [-0.25, -0.2) is 0 Å². The second-order valence-corrected chi connectivity index (χ2v) is 4.27. The summed E-state index contributed by atoms with van der Waals surface area (Å²) in [6.45, 7) is 2.36. The van der Waals surface area contributed by atoms with Crippen molar-refractivity contribution < 1.29 is 5.11 Å². The quantitative estimate of drug-likeness (QED) is 0.682. The Bertz CT molecular complexity index is 194. The summed E-state index contributed by atoms with van der Waals surface area (Å²) in [7, 11) is 0. The average molecular weight is 197 g/mol. The summed E-state index contributed by atoms with van der Waals surface area (Å²) in [5.74, 6) is 0. The number of aliphatic hydroxyl groups is 1. The largest absolute Gasteiger partial charge is 0.384 e. The number of rotatable bonds is 3. The van der Waals surface area contributed by atoms with Gasteiger partial charge in [-0.2, -0.15) is 0 Å².